The van der Waals surface area contributed by atoms with Gasteiger partial charge in [-0.1, -0.05) is 0 Å². The molecule has 1 aliphatic rings. The van der Waals surface area contributed by atoms with Gasteiger partial charge in [0.05, 0.1) is 12.7 Å². The fraction of sp³-hybridized carbons (Fsp3) is 0.467. The van der Waals surface area contributed by atoms with E-state index in [1.165, 1.54) is 6.08 Å². The normalized spacial score (nSPS) is 18.6. The largest absolute Gasteiger partial charge is 0.491 e. The van der Waals surface area contributed by atoms with E-state index in [1.54, 1.807) is 0 Å². The van der Waals surface area contributed by atoms with Crippen LogP contribution < -0.4 is 4.74 Å². The summed E-state index contributed by atoms with van der Waals surface area (Å²) >= 11 is 0. The molecule has 0 aliphatic carbocycles. The Morgan fingerprint density at radius 3 is 3.15 bits per heavy atom. The van der Waals surface area contributed by atoms with Crippen LogP contribution in [0.5, 0.6) is 5.75 Å². The summed E-state index contributed by atoms with van der Waals surface area (Å²) in [4.78, 5) is 14.9. The molecule has 0 spiro atoms. The maximum absolute atomic E-state index is 10.6. The summed E-state index contributed by atoms with van der Waals surface area (Å²) in [5, 5.41) is 8.68. The van der Waals surface area contributed by atoms with Crippen LogP contribution in [0.2, 0.25) is 0 Å². The minimum atomic E-state index is -1.00. The van der Waals surface area contributed by atoms with Gasteiger partial charge >= 0.3 is 5.97 Å². The number of hydrogen-bond donors (Lipinski definition) is 1. The molecule has 1 aliphatic heterocycles. The average molecular weight is 277 g/mol. The number of carboxylic acid groups (broad SMARTS) is 1. The molecular formula is C15H19NO4. The summed E-state index contributed by atoms with van der Waals surface area (Å²) in [7, 11) is 0. The minimum Gasteiger partial charge on any atom is -0.491 e. The minimum absolute atomic E-state index is 0.284. The molecule has 5 nitrogen and oxygen atoms in total. The van der Waals surface area contributed by atoms with Gasteiger partial charge in [0, 0.05) is 24.8 Å². The van der Waals surface area contributed by atoms with Gasteiger partial charge in [-0.25, -0.2) is 9.78 Å². The van der Waals surface area contributed by atoms with Crippen LogP contribution in [-0.2, 0) is 9.53 Å². The summed E-state index contributed by atoms with van der Waals surface area (Å²) in [5.41, 5.74) is 1.36. The molecule has 1 N–H and O–H groups in total. The Morgan fingerprint density at radius 2 is 2.45 bits per heavy atom. The van der Waals surface area contributed by atoms with E-state index < -0.39 is 5.97 Å². The van der Waals surface area contributed by atoms with E-state index in [2.05, 4.69) is 4.98 Å². The molecule has 5 heteroatoms. The van der Waals surface area contributed by atoms with Gasteiger partial charge in [-0.3, -0.25) is 0 Å². The van der Waals surface area contributed by atoms with E-state index in [9.17, 15) is 4.79 Å². The zero-order chi connectivity index (χ0) is 14.4. The van der Waals surface area contributed by atoms with E-state index in [4.69, 9.17) is 14.6 Å². The molecule has 0 aromatic carbocycles. The number of rotatable bonds is 6. The Hall–Kier alpha value is -1.88. The van der Waals surface area contributed by atoms with Gasteiger partial charge in [-0.2, -0.15) is 0 Å². The maximum atomic E-state index is 10.6. The number of ether oxygens (including phenoxy) is 2. The van der Waals surface area contributed by atoms with Gasteiger partial charge in [0.15, 0.2) is 0 Å². The summed E-state index contributed by atoms with van der Waals surface area (Å²) in [6.45, 7) is 3.24. The third-order valence-corrected chi connectivity index (χ3v) is 3.13. The lowest BCUT2D eigenvalue weighted by Gasteiger charge is -2.12. The molecule has 1 unspecified atom stereocenters. The van der Waals surface area contributed by atoms with E-state index in [-0.39, 0.29) is 6.10 Å². The lowest BCUT2D eigenvalue weighted by atomic mass is 10.2. The molecule has 0 amide bonds. The number of aliphatic carboxylic acids is 1. The SMILES string of the molecule is Cc1ccc(OCCC2CCCO2)c(C=CC(=O)O)n1. The van der Waals surface area contributed by atoms with Gasteiger partial charge in [-0.05, 0) is 38.0 Å². The predicted octanol–water partition coefficient (Wildman–Crippen LogP) is 2.44. The first-order chi connectivity index (χ1) is 9.65. The predicted molar refractivity (Wildman–Crippen MR) is 74.7 cm³/mol. The summed E-state index contributed by atoms with van der Waals surface area (Å²) in [5.74, 6) is -0.398. The molecule has 1 aromatic rings. The smallest absolute Gasteiger partial charge is 0.328 e. The lowest BCUT2D eigenvalue weighted by Crippen LogP contribution is -2.11. The number of carboxylic acids is 1. The third kappa shape index (κ3) is 4.35. The van der Waals surface area contributed by atoms with Gasteiger partial charge in [0.2, 0.25) is 0 Å². The van der Waals surface area contributed by atoms with Crippen LogP contribution in [0.3, 0.4) is 0 Å². The van der Waals surface area contributed by atoms with Crippen LogP contribution in [0.4, 0.5) is 0 Å². The Balaban J connectivity index is 1.96. The van der Waals surface area contributed by atoms with Crippen molar-refractivity contribution in [3.63, 3.8) is 0 Å². The Kier molecular flexibility index (Phi) is 5.12. The molecule has 0 bridgehead atoms. The van der Waals surface area contributed by atoms with E-state index in [1.807, 2.05) is 19.1 Å². The Morgan fingerprint density at radius 1 is 1.60 bits per heavy atom. The summed E-state index contributed by atoms with van der Waals surface area (Å²) in [6.07, 6.45) is 5.85. The topological polar surface area (TPSA) is 68.7 Å². The highest BCUT2D eigenvalue weighted by molar-refractivity contribution is 5.85. The van der Waals surface area contributed by atoms with Crippen LogP contribution in [0.15, 0.2) is 18.2 Å². The molecular weight excluding hydrogens is 258 g/mol. The van der Waals surface area contributed by atoms with Gasteiger partial charge in [0.1, 0.15) is 11.4 Å². The van der Waals surface area contributed by atoms with Crippen LogP contribution in [0.1, 0.15) is 30.7 Å². The standard InChI is InChI=1S/C15H19NO4/c1-11-4-6-14(13(16-11)5-7-15(17)18)20-10-8-12-3-2-9-19-12/h4-7,12H,2-3,8-10H2,1H3,(H,17,18). The highest BCUT2D eigenvalue weighted by Crippen LogP contribution is 2.20. The van der Waals surface area contributed by atoms with Crippen molar-refractivity contribution in [2.75, 3.05) is 13.2 Å². The lowest BCUT2D eigenvalue weighted by molar-refractivity contribution is -0.131. The van der Waals surface area contributed by atoms with Crippen molar-refractivity contribution in [1.82, 2.24) is 4.98 Å². The molecule has 1 atom stereocenters. The first-order valence-corrected chi connectivity index (χ1v) is 6.78. The molecule has 20 heavy (non-hydrogen) atoms. The monoisotopic (exact) mass is 277 g/mol. The fourth-order valence-corrected chi connectivity index (χ4v) is 2.13. The molecule has 1 fully saturated rings. The molecule has 0 radical (unpaired) electrons. The highest BCUT2D eigenvalue weighted by Gasteiger charge is 2.15. The first-order valence-electron chi connectivity index (χ1n) is 6.78. The summed E-state index contributed by atoms with van der Waals surface area (Å²) in [6, 6.07) is 3.67. The summed E-state index contributed by atoms with van der Waals surface area (Å²) < 4.78 is 11.2. The number of carbonyl (C=O) groups is 1. The number of aryl methyl sites for hydroxylation is 1. The van der Waals surface area contributed by atoms with Crippen molar-refractivity contribution >= 4 is 12.0 Å². The van der Waals surface area contributed by atoms with Gasteiger partial charge < -0.3 is 14.6 Å². The van der Waals surface area contributed by atoms with Crippen molar-refractivity contribution in [2.24, 2.45) is 0 Å². The molecule has 2 rings (SSSR count). The number of aromatic nitrogens is 1. The van der Waals surface area contributed by atoms with E-state index in [0.717, 1.165) is 37.6 Å². The van der Waals surface area contributed by atoms with Crippen LogP contribution >= 0.6 is 0 Å². The second-order valence-corrected chi connectivity index (χ2v) is 4.78. The molecule has 1 aromatic heterocycles. The molecule has 0 saturated carbocycles. The van der Waals surface area contributed by atoms with Crippen molar-refractivity contribution in [2.45, 2.75) is 32.3 Å². The number of pyridine rings is 1. The Bertz CT molecular complexity index is 493. The van der Waals surface area contributed by atoms with Crippen LogP contribution in [0, 0.1) is 6.92 Å². The first kappa shape index (κ1) is 14.5. The van der Waals surface area contributed by atoms with E-state index >= 15 is 0 Å². The average Bonchev–Trinajstić information content (AvgIpc) is 2.91. The van der Waals surface area contributed by atoms with E-state index in [0.29, 0.717) is 18.1 Å². The van der Waals surface area contributed by atoms with Gasteiger partial charge in [0.25, 0.3) is 0 Å². The number of nitrogens with zero attached hydrogens (tertiary/aromatic N) is 1. The van der Waals surface area contributed by atoms with Crippen molar-refractivity contribution in [3.05, 3.63) is 29.6 Å². The zero-order valence-electron chi connectivity index (χ0n) is 11.5. The van der Waals surface area contributed by atoms with Gasteiger partial charge in [-0.15, -0.1) is 0 Å². The maximum Gasteiger partial charge on any atom is 0.328 e. The quantitative estimate of drug-likeness (QED) is 0.809. The Labute approximate surface area is 118 Å². The van der Waals surface area contributed by atoms with Crippen molar-refractivity contribution in [3.8, 4) is 5.75 Å². The second kappa shape index (κ2) is 7.05. The van der Waals surface area contributed by atoms with Crippen LogP contribution in [-0.4, -0.2) is 35.4 Å². The highest BCUT2D eigenvalue weighted by atomic mass is 16.5. The van der Waals surface area contributed by atoms with Crippen molar-refractivity contribution < 1.29 is 19.4 Å². The second-order valence-electron chi connectivity index (χ2n) is 4.78. The fourth-order valence-electron chi connectivity index (χ4n) is 2.13. The zero-order valence-corrected chi connectivity index (χ0v) is 11.5. The molecule has 1 saturated heterocycles. The third-order valence-electron chi connectivity index (χ3n) is 3.13. The molecule has 108 valence electrons. The number of hydrogen-bond acceptors (Lipinski definition) is 4. The van der Waals surface area contributed by atoms with Crippen molar-refractivity contribution in [1.29, 1.82) is 0 Å². The van der Waals surface area contributed by atoms with Crippen LogP contribution in [0.25, 0.3) is 6.08 Å². The molecule has 2 heterocycles.